The number of nitrogens with two attached hydrogens (primary N) is 1. The molecule has 1 aliphatic carbocycles. The number of anilines is 1. The van der Waals surface area contributed by atoms with Crippen LogP contribution in [-0.4, -0.2) is 24.9 Å². The summed E-state index contributed by atoms with van der Waals surface area (Å²) in [7, 11) is -3.71. The monoisotopic (exact) mass is 270 g/mol. The highest BCUT2D eigenvalue weighted by atomic mass is 32.2. The van der Waals surface area contributed by atoms with Crippen molar-refractivity contribution in [3.63, 3.8) is 0 Å². The van der Waals surface area contributed by atoms with E-state index in [1.54, 1.807) is 0 Å². The standard InChI is InChI=1S/C11H18N4O2S/c1-11(2)3-8(4-11)5-13-10-14-6-9(7-15-10)18(12,16)17/h6-8H,3-5H2,1-2H3,(H2,12,16,17)(H,13,14,15). The Labute approximate surface area is 107 Å². The Morgan fingerprint density at radius 2 is 1.94 bits per heavy atom. The fraction of sp³-hybridized carbons (Fsp3) is 0.636. The van der Waals surface area contributed by atoms with Gasteiger partial charge in [0.2, 0.25) is 16.0 Å². The molecule has 3 N–H and O–H groups in total. The molecule has 1 saturated carbocycles. The smallest absolute Gasteiger partial charge is 0.241 e. The van der Waals surface area contributed by atoms with Crippen LogP contribution in [0.15, 0.2) is 17.3 Å². The summed E-state index contributed by atoms with van der Waals surface area (Å²) in [6, 6.07) is 0. The molecule has 1 aromatic rings. The highest BCUT2D eigenvalue weighted by molar-refractivity contribution is 7.89. The first-order valence-corrected chi connectivity index (χ1v) is 7.40. The van der Waals surface area contributed by atoms with E-state index in [1.807, 2.05) is 0 Å². The van der Waals surface area contributed by atoms with Gasteiger partial charge >= 0.3 is 0 Å². The summed E-state index contributed by atoms with van der Waals surface area (Å²) in [6.45, 7) is 5.32. The third kappa shape index (κ3) is 3.17. The van der Waals surface area contributed by atoms with Gasteiger partial charge in [0.25, 0.3) is 0 Å². The second kappa shape index (κ2) is 4.47. The molecule has 1 aromatic heterocycles. The number of nitrogens with one attached hydrogen (secondary N) is 1. The summed E-state index contributed by atoms with van der Waals surface area (Å²) in [5.74, 6) is 1.08. The zero-order valence-electron chi connectivity index (χ0n) is 10.5. The molecule has 0 unspecified atom stereocenters. The molecule has 1 aliphatic rings. The molecular weight excluding hydrogens is 252 g/mol. The second-order valence-electron chi connectivity index (χ2n) is 5.61. The number of sulfonamides is 1. The number of rotatable bonds is 4. The summed E-state index contributed by atoms with van der Waals surface area (Å²) in [4.78, 5) is 7.79. The molecule has 0 bridgehead atoms. The minimum Gasteiger partial charge on any atom is -0.354 e. The van der Waals surface area contributed by atoms with Crippen LogP contribution in [0, 0.1) is 11.3 Å². The Morgan fingerprint density at radius 1 is 1.39 bits per heavy atom. The number of aromatic nitrogens is 2. The minimum atomic E-state index is -3.71. The molecule has 18 heavy (non-hydrogen) atoms. The number of hydrogen-bond donors (Lipinski definition) is 2. The van der Waals surface area contributed by atoms with Crippen LogP contribution in [0.4, 0.5) is 5.95 Å². The fourth-order valence-electron chi connectivity index (χ4n) is 2.44. The van der Waals surface area contributed by atoms with Gasteiger partial charge in [-0.15, -0.1) is 0 Å². The van der Waals surface area contributed by atoms with Crippen LogP contribution in [0.2, 0.25) is 0 Å². The van der Waals surface area contributed by atoms with Gasteiger partial charge in [0.05, 0.1) is 12.4 Å². The van der Waals surface area contributed by atoms with Gasteiger partial charge in [0.15, 0.2) is 0 Å². The first kappa shape index (κ1) is 13.2. The summed E-state index contributed by atoms with van der Waals surface area (Å²) in [5, 5.41) is 8.07. The number of nitrogens with zero attached hydrogens (tertiary/aromatic N) is 2. The average molecular weight is 270 g/mol. The lowest BCUT2D eigenvalue weighted by Gasteiger charge is -2.42. The van der Waals surface area contributed by atoms with Crippen molar-refractivity contribution in [1.82, 2.24) is 9.97 Å². The van der Waals surface area contributed by atoms with Gasteiger partial charge < -0.3 is 5.32 Å². The van der Waals surface area contributed by atoms with Crippen molar-refractivity contribution in [2.45, 2.75) is 31.6 Å². The summed E-state index contributed by atoms with van der Waals surface area (Å²) >= 11 is 0. The van der Waals surface area contributed by atoms with E-state index in [2.05, 4.69) is 29.1 Å². The zero-order valence-corrected chi connectivity index (χ0v) is 11.4. The van der Waals surface area contributed by atoms with E-state index in [4.69, 9.17) is 5.14 Å². The van der Waals surface area contributed by atoms with E-state index in [-0.39, 0.29) is 4.90 Å². The highest BCUT2D eigenvalue weighted by Crippen LogP contribution is 2.44. The van der Waals surface area contributed by atoms with Crippen molar-refractivity contribution in [3.8, 4) is 0 Å². The largest absolute Gasteiger partial charge is 0.354 e. The molecule has 1 heterocycles. The lowest BCUT2D eigenvalue weighted by atomic mass is 9.64. The van der Waals surface area contributed by atoms with Gasteiger partial charge in [-0.05, 0) is 24.2 Å². The van der Waals surface area contributed by atoms with Crippen molar-refractivity contribution in [2.24, 2.45) is 16.5 Å². The van der Waals surface area contributed by atoms with Crippen LogP contribution in [0.1, 0.15) is 26.7 Å². The molecule has 1 fully saturated rings. The fourth-order valence-corrected chi connectivity index (χ4v) is 2.84. The lowest BCUT2D eigenvalue weighted by molar-refractivity contribution is 0.106. The molecule has 0 aromatic carbocycles. The van der Waals surface area contributed by atoms with Crippen LogP contribution in [0.5, 0.6) is 0 Å². The zero-order chi connectivity index (χ0) is 13.4. The average Bonchev–Trinajstić information content (AvgIpc) is 2.22. The predicted octanol–water partition coefficient (Wildman–Crippen LogP) is 0.972. The highest BCUT2D eigenvalue weighted by Gasteiger charge is 2.35. The SMILES string of the molecule is CC1(C)CC(CNc2ncc(S(N)(=O)=O)cn2)C1. The molecule has 0 radical (unpaired) electrons. The van der Waals surface area contributed by atoms with Gasteiger partial charge in [-0.25, -0.2) is 23.5 Å². The Balaban J connectivity index is 1.88. The third-order valence-corrected chi connectivity index (χ3v) is 4.06. The number of hydrogen-bond acceptors (Lipinski definition) is 5. The maximum Gasteiger partial charge on any atom is 0.241 e. The Kier molecular flexibility index (Phi) is 3.29. The molecule has 0 atom stereocenters. The van der Waals surface area contributed by atoms with E-state index in [0.717, 1.165) is 6.54 Å². The topological polar surface area (TPSA) is 98.0 Å². The first-order chi connectivity index (χ1) is 8.26. The van der Waals surface area contributed by atoms with E-state index < -0.39 is 10.0 Å². The maximum absolute atomic E-state index is 11.0. The van der Waals surface area contributed by atoms with Crippen LogP contribution in [0.3, 0.4) is 0 Å². The molecule has 0 spiro atoms. The van der Waals surface area contributed by atoms with Gasteiger partial charge in [0.1, 0.15) is 4.90 Å². The van der Waals surface area contributed by atoms with E-state index in [1.165, 1.54) is 25.2 Å². The van der Waals surface area contributed by atoms with Gasteiger partial charge in [-0.1, -0.05) is 13.8 Å². The van der Waals surface area contributed by atoms with E-state index in [0.29, 0.717) is 17.3 Å². The normalized spacial score (nSPS) is 19.3. The quantitative estimate of drug-likeness (QED) is 0.849. The lowest BCUT2D eigenvalue weighted by Crippen LogP contribution is -2.35. The van der Waals surface area contributed by atoms with Crippen molar-refractivity contribution in [1.29, 1.82) is 0 Å². The molecule has 0 aliphatic heterocycles. The van der Waals surface area contributed by atoms with E-state index >= 15 is 0 Å². The summed E-state index contributed by atoms with van der Waals surface area (Å²) in [6.07, 6.45) is 4.81. The number of primary sulfonamides is 1. The minimum absolute atomic E-state index is 0.0715. The molecule has 100 valence electrons. The maximum atomic E-state index is 11.0. The Hall–Kier alpha value is -1.21. The van der Waals surface area contributed by atoms with Crippen LogP contribution in [0.25, 0.3) is 0 Å². The van der Waals surface area contributed by atoms with Crippen molar-refractivity contribution in [3.05, 3.63) is 12.4 Å². The van der Waals surface area contributed by atoms with Gasteiger partial charge in [-0.3, -0.25) is 0 Å². The first-order valence-electron chi connectivity index (χ1n) is 5.85. The van der Waals surface area contributed by atoms with Crippen molar-refractivity contribution < 1.29 is 8.42 Å². The molecule has 0 amide bonds. The van der Waals surface area contributed by atoms with Crippen molar-refractivity contribution in [2.75, 3.05) is 11.9 Å². The molecule has 2 rings (SSSR count). The van der Waals surface area contributed by atoms with Crippen LogP contribution in [-0.2, 0) is 10.0 Å². The second-order valence-corrected chi connectivity index (χ2v) is 7.17. The van der Waals surface area contributed by atoms with Crippen LogP contribution >= 0.6 is 0 Å². The summed E-state index contributed by atoms with van der Waals surface area (Å²) < 4.78 is 22.0. The predicted molar refractivity (Wildman–Crippen MR) is 68.4 cm³/mol. The Morgan fingerprint density at radius 3 is 2.39 bits per heavy atom. The van der Waals surface area contributed by atoms with Crippen LogP contribution < -0.4 is 10.5 Å². The van der Waals surface area contributed by atoms with Gasteiger partial charge in [0, 0.05) is 6.54 Å². The molecular formula is C11H18N4O2S. The molecule has 6 nitrogen and oxygen atoms in total. The summed E-state index contributed by atoms with van der Waals surface area (Å²) in [5.41, 5.74) is 0.449. The molecule has 7 heteroatoms. The van der Waals surface area contributed by atoms with Gasteiger partial charge in [-0.2, -0.15) is 0 Å². The third-order valence-electron chi connectivity index (χ3n) is 3.19. The molecule has 0 saturated heterocycles. The Bertz CT molecular complexity index is 516. The van der Waals surface area contributed by atoms with E-state index in [9.17, 15) is 8.42 Å². The van der Waals surface area contributed by atoms with Crippen molar-refractivity contribution >= 4 is 16.0 Å².